The maximum absolute atomic E-state index is 11.6. The minimum absolute atomic E-state index is 0.0641. The molecular formula is C9H17N3O2. The molecule has 1 amide bonds. The van der Waals surface area contributed by atoms with E-state index in [0.717, 1.165) is 0 Å². The highest BCUT2D eigenvalue weighted by atomic mass is 16.4. The first-order valence-corrected chi connectivity index (χ1v) is 4.74. The number of nitrogens with two attached hydrogens (primary N) is 1. The highest BCUT2D eigenvalue weighted by Crippen LogP contribution is 2.28. The fourth-order valence-corrected chi connectivity index (χ4v) is 1.02. The van der Waals surface area contributed by atoms with Crippen LogP contribution in [0, 0.1) is 11.3 Å². The van der Waals surface area contributed by atoms with Crippen LogP contribution in [0.5, 0.6) is 0 Å². The topological polar surface area (TPSA) is 87.7 Å². The minimum Gasteiger partial charge on any atom is -0.409 e. The van der Waals surface area contributed by atoms with E-state index in [0.29, 0.717) is 12.5 Å². The van der Waals surface area contributed by atoms with Crippen LogP contribution in [-0.2, 0) is 4.79 Å². The van der Waals surface area contributed by atoms with Gasteiger partial charge in [0.1, 0.15) is 5.41 Å². The van der Waals surface area contributed by atoms with Gasteiger partial charge in [0, 0.05) is 6.54 Å². The van der Waals surface area contributed by atoms with Gasteiger partial charge in [-0.3, -0.25) is 4.79 Å². The third-order valence-electron chi connectivity index (χ3n) is 2.56. The van der Waals surface area contributed by atoms with Crippen LogP contribution < -0.4 is 11.1 Å². The van der Waals surface area contributed by atoms with Crippen molar-refractivity contribution in [2.75, 3.05) is 6.54 Å². The van der Waals surface area contributed by atoms with Gasteiger partial charge in [-0.25, -0.2) is 0 Å². The van der Waals surface area contributed by atoms with Crippen molar-refractivity contribution in [1.29, 1.82) is 0 Å². The van der Waals surface area contributed by atoms with Crippen LogP contribution in [0.25, 0.3) is 0 Å². The molecule has 0 radical (unpaired) electrons. The van der Waals surface area contributed by atoms with Gasteiger partial charge in [-0.15, -0.1) is 0 Å². The van der Waals surface area contributed by atoms with Crippen molar-refractivity contribution < 1.29 is 10.0 Å². The van der Waals surface area contributed by atoms with E-state index in [4.69, 9.17) is 10.9 Å². The second kappa shape index (κ2) is 3.86. The first kappa shape index (κ1) is 10.8. The largest absolute Gasteiger partial charge is 0.409 e. The third kappa shape index (κ3) is 2.37. The first-order valence-electron chi connectivity index (χ1n) is 4.74. The van der Waals surface area contributed by atoms with E-state index in [1.165, 1.54) is 12.8 Å². The molecule has 80 valence electrons. The number of amidine groups is 1. The Hall–Kier alpha value is -1.26. The van der Waals surface area contributed by atoms with Crippen LogP contribution in [0.3, 0.4) is 0 Å². The van der Waals surface area contributed by atoms with Crippen molar-refractivity contribution in [3.05, 3.63) is 0 Å². The summed E-state index contributed by atoms with van der Waals surface area (Å²) in [6, 6.07) is 0. The van der Waals surface area contributed by atoms with Crippen LogP contribution in [0.1, 0.15) is 26.7 Å². The summed E-state index contributed by atoms with van der Waals surface area (Å²) in [6.45, 7) is 3.95. The number of carbonyl (C=O) groups excluding carboxylic acids is 1. The molecule has 0 aromatic heterocycles. The van der Waals surface area contributed by atoms with Gasteiger partial charge in [-0.2, -0.15) is 0 Å². The smallest absolute Gasteiger partial charge is 0.233 e. The SMILES string of the molecule is CC(C)(C(=O)NCC1CC1)C(N)=NO. The van der Waals surface area contributed by atoms with Gasteiger partial charge < -0.3 is 16.3 Å². The molecule has 0 aliphatic heterocycles. The Bertz CT molecular complexity index is 257. The Morgan fingerprint density at radius 2 is 2.21 bits per heavy atom. The molecule has 5 heteroatoms. The fraction of sp³-hybridized carbons (Fsp3) is 0.778. The van der Waals surface area contributed by atoms with Gasteiger partial charge in [0.15, 0.2) is 5.84 Å². The molecule has 1 rings (SSSR count). The number of hydrogen-bond acceptors (Lipinski definition) is 3. The summed E-state index contributed by atoms with van der Waals surface area (Å²) in [4.78, 5) is 11.6. The molecule has 1 aliphatic carbocycles. The summed E-state index contributed by atoms with van der Waals surface area (Å²) >= 11 is 0. The fourth-order valence-electron chi connectivity index (χ4n) is 1.02. The normalized spacial score (nSPS) is 18.0. The molecule has 0 heterocycles. The number of rotatable bonds is 4. The molecule has 0 bridgehead atoms. The van der Waals surface area contributed by atoms with E-state index in [1.807, 2.05) is 0 Å². The molecule has 4 N–H and O–H groups in total. The number of oxime groups is 1. The van der Waals surface area contributed by atoms with Gasteiger partial charge in [-0.1, -0.05) is 5.16 Å². The van der Waals surface area contributed by atoms with E-state index in [9.17, 15) is 4.79 Å². The van der Waals surface area contributed by atoms with Gasteiger partial charge in [0.05, 0.1) is 0 Å². The molecule has 0 saturated heterocycles. The zero-order chi connectivity index (χ0) is 10.8. The average Bonchev–Trinajstić information content (AvgIpc) is 2.95. The Balaban J connectivity index is 2.47. The highest BCUT2D eigenvalue weighted by molar-refractivity contribution is 6.05. The first-order chi connectivity index (χ1) is 6.48. The van der Waals surface area contributed by atoms with Crippen LogP contribution >= 0.6 is 0 Å². The van der Waals surface area contributed by atoms with Crippen LogP contribution in [0.2, 0.25) is 0 Å². The molecule has 0 unspecified atom stereocenters. The third-order valence-corrected chi connectivity index (χ3v) is 2.56. The molecule has 14 heavy (non-hydrogen) atoms. The monoisotopic (exact) mass is 199 g/mol. The lowest BCUT2D eigenvalue weighted by Gasteiger charge is -2.21. The maximum atomic E-state index is 11.6. The summed E-state index contributed by atoms with van der Waals surface area (Å²) in [5.74, 6) is 0.368. The molecule has 0 aromatic carbocycles. The molecule has 1 fully saturated rings. The van der Waals surface area contributed by atoms with Crippen molar-refractivity contribution in [3.8, 4) is 0 Å². The van der Waals surface area contributed by atoms with Crippen molar-refractivity contribution in [2.24, 2.45) is 22.2 Å². The molecule has 0 aromatic rings. The number of hydrogen-bond donors (Lipinski definition) is 3. The number of nitrogens with zero attached hydrogens (tertiary/aromatic N) is 1. The van der Waals surface area contributed by atoms with Gasteiger partial charge in [-0.05, 0) is 32.6 Å². The lowest BCUT2D eigenvalue weighted by Crippen LogP contribution is -2.46. The predicted octanol–water partition coefficient (Wildman–Crippen LogP) is 0.285. The summed E-state index contributed by atoms with van der Waals surface area (Å²) in [6.07, 6.45) is 2.37. The molecule has 1 aliphatic rings. The van der Waals surface area contributed by atoms with E-state index in [2.05, 4.69) is 10.5 Å². The van der Waals surface area contributed by atoms with Gasteiger partial charge >= 0.3 is 0 Å². The number of amides is 1. The number of carbonyl (C=O) groups is 1. The Kier molecular flexibility index (Phi) is 2.98. The van der Waals surface area contributed by atoms with E-state index in [-0.39, 0.29) is 11.7 Å². The zero-order valence-electron chi connectivity index (χ0n) is 8.58. The molecular weight excluding hydrogens is 182 g/mol. The lowest BCUT2D eigenvalue weighted by molar-refractivity contribution is -0.126. The Morgan fingerprint density at radius 3 is 2.64 bits per heavy atom. The molecule has 0 atom stereocenters. The van der Waals surface area contributed by atoms with Crippen molar-refractivity contribution in [3.63, 3.8) is 0 Å². The summed E-state index contributed by atoms with van der Waals surface area (Å²) in [5.41, 5.74) is 4.47. The maximum Gasteiger partial charge on any atom is 0.233 e. The van der Waals surface area contributed by atoms with Crippen molar-refractivity contribution in [2.45, 2.75) is 26.7 Å². The van der Waals surface area contributed by atoms with Gasteiger partial charge in [0.2, 0.25) is 5.91 Å². The average molecular weight is 199 g/mol. The van der Waals surface area contributed by atoms with E-state index in [1.54, 1.807) is 13.8 Å². The number of nitrogens with one attached hydrogen (secondary N) is 1. The van der Waals surface area contributed by atoms with Crippen LogP contribution in [0.15, 0.2) is 5.16 Å². The van der Waals surface area contributed by atoms with E-state index < -0.39 is 5.41 Å². The van der Waals surface area contributed by atoms with Crippen LogP contribution in [-0.4, -0.2) is 23.5 Å². The zero-order valence-corrected chi connectivity index (χ0v) is 8.58. The van der Waals surface area contributed by atoms with Gasteiger partial charge in [0.25, 0.3) is 0 Å². The predicted molar refractivity (Wildman–Crippen MR) is 52.9 cm³/mol. The molecule has 1 saturated carbocycles. The van der Waals surface area contributed by atoms with Crippen LogP contribution in [0.4, 0.5) is 0 Å². The highest BCUT2D eigenvalue weighted by Gasteiger charge is 2.33. The molecule has 0 spiro atoms. The Labute approximate surface area is 83.3 Å². The summed E-state index contributed by atoms with van der Waals surface area (Å²) in [5, 5.41) is 14.1. The standard InChI is InChI=1S/C9H17N3O2/c1-9(2,7(10)12-14)8(13)11-5-6-3-4-6/h6,14H,3-5H2,1-2H3,(H2,10,12)(H,11,13). The quantitative estimate of drug-likeness (QED) is 0.263. The Morgan fingerprint density at radius 1 is 1.64 bits per heavy atom. The second-order valence-electron chi connectivity index (χ2n) is 4.26. The summed E-state index contributed by atoms with van der Waals surface area (Å²) < 4.78 is 0. The van der Waals surface area contributed by atoms with Crippen molar-refractivity contribution >= 4 is 11.7 Å². The lowest BCUT2D eigenvalue weighted by atomic mass is 9.91. The van der Waals surface area contributed by atoms with Crippen molar-refractivity contribution in [1.82, 2.24) is 5.32 Å². The second-order valence-corrected chi connectivity index (χ2v) is 4.26. The minimum atomic E-state index is -0.941. The summed E-state index contributed by atoms with van der Waals surface area (Å²) in [7, 11) is 0. The van der Waals surface area contributed by atoms with E-state index >= 15 is 0 Å². The molecule has 5 nitrogen and oxygen atoms in total.